The third-order valence-electron chi connectivity index (χ3n) is 8.66. The Kier molecular flexibility index (Phi) is 9.57. The molecule has 0 amide bonds. The predicted molar refractivity (Wildman–Crippen MR) is 212 cm³/mol. The van der Waals surface area contributed by atoms with Gasteiger partial charge in [0.1, 0.15) is 0 Å². The molecule has 0 saturated heterocycles. The summed E-state index contributed by atoms with van der Waals surface area (Å²) in [6.07, 6.45) is 10.8. The average Bonchev–Trinajstić information content (AvgIpc) is 3.17. The zero-order chi connectivity index (χ0) is 33.3. The zero-order valence-corrected chi connectivity index (χ0v) is 27.6. The Balaban J connectivity index is 1.12. The summed E-state index contributed by atoms with van der Waals surface area (Å²) < 4.78 is 0. The molecule has 7 aromatic carbocycles. The molecular formula is C47H38N2. The number of hydrogen-bond donors (Lipinski definition) is 0. The van der Waals surface area contributed by atoms with Gasteiger partial charge >= 0.3 is 0 Å². The second kappa shape index (κ2) is 15.0. The van der Waals surface area contributed by atoms with E-state index in [2.05, 4.69) is 229 Å². The summed E-state index contributed by atoms with van der Waals surface area (Å²) in [7, 11) is 2.14. The van der Waals surface area contributed by atoms with Crippen LogP contribution in [0.15, 0.2) is 200 Å². The first kappa shape index (κ1) is 31.2. The third-order valence-corrected chi connectivity index (χ3v) is 8.66. The Morgan fingerprint density at radius 2 is 0.898 bits per heavy atom. The van der Waals surface area contributed by atoms with Crippen LogP contribution in [-0.4, -0.2) is 7.05 Å². The van der Waals surface area contributed by atoms with Gasteiger partial charge in [-0.05, 0) is 70.1 Å². The maximum absolute atomic E-state index is 2.28. The van der Waals surface area contributed by atoms with E-state index >= 15 is 0 Å². The average molecular weight is 631 g/mol. The van der Waals surface area contributed by atoms with Crippen molar-refractivity contribution >= 4 is 51.2 Å². The van der Waals surface area contributed by atoms with Crippen molar-refractivity contribution in [3.63, 3.8) is 0 Å². The minimum atomic E-state index is 1.12. The highest BCUT2D eigenvalue weighted by atomic mass is 15.1. The van der Waals surface area contributed by atoms with E-state index in [1.54, 1.807) is 0 Å². The first-order chi connectivity index (χ1) is 24.2. The van der Waals surface area contributed by atoms with Gasteiger partial charge in [-0.15, -0.1) is 0 Å². The second-order valence-corrected chi connectivity index (χ2v) is 11.9. The van der Waals surface area contributed by atoms with Crippen LogP contribution in [0.1, 0.15) is 22.3 Å². The number of nitrogens with zero attached hydrogens (tertiary/aromatic N) is 2. The van der Waals surface area contributed by atoms with E-state index in [1.807, 2.05) is 0 Å². The van der Waals surface area contributed by atoms with Crippen LogP contribution < -0.4 is 9.80 Å². The third kappa shape index (κ3) is 7.30. The van der Waals surface area contributed by atoms with E-state index in [-0.39, 0.29) is 0 Å². The number of anilines is 4. The molecule has 2 heteroatoms. The van der Waals surface area contributed by atoms with Crippen molar-refractivity contribution in [3.05, 3.63) is 223 Å². The summed E-state index contributed by atoms with van der Waals surface area (Å²) in [5.41, 5.74) is 10.4. The number of fused-ring (bicyclic) bond motifs is 1. The molecule has 0 radical (unpaired) electrons. The van der Waals surface area contributed by atoms with Gasteiger partial charge in [-0.2, -0.15) is 0 Å². The van der Waals surface area contributed by atoms with Crippen molar-refractivity contribution in [3.8, 4) is 0 Å². The van der Waals surface area contributed by atoms with Gasteiger partial charge < -0.3 is 9.80 Å². The van der Waals surface area contributed by atoms with E-state index in [1.165, 1.54) is 33.0 Å². The molecular weight excluding hydrogens is 593 g/mol. The molecule has 7 aromatic rings. The standard InChI is InChI=1S/C47H38N2/c1-48(36-46(38-19-6-2-7-20-38)39-21-8-3-9-22-39)47-35-32-40(44-28-16-17-29-45(44)47)23-15-14-18-37-30-33-43(34-31-37)49(41-24-10-4-11-25-41)42-26-12-5-13-27-42/h2-36H,1H3/b18-14+,23-15+. The number of hydrogen-bond acceptors (Lipinski definition) is 2. The summed E-state index contributed by atoms with van der Waals surface area (Å²) in [6, 6.07) is 64.0. The Hall–Kier alpha value is -6.38. The number of allylic oxidation sites excluding steroid dienone is 2. The van der Waals surface area contributed by atoms with Gasteiger partial charge in [0.2, 0.25) is 0 Å². The smallest absolute Gasteiger partial charge is 0.0483 e. The fraction of sp³-hybridized carbons (Fsp3) is 0.0213. The summed E-state index contributed by atoms with van der Waals surface area (Å²) in [6.45, 7) is 0. The molecule has 7 rings (SSSR count). The lowest BCUT2D eigenvalue weighted by Gasteiger charge is -2.25. The van der Waals surface area contributed by atoms with E-state index in [9.17, 15) is 0 Å². The molecule has 2 nitrogen and oxygen atoms in total. The van der Waals surface area contributed by atoms with Gasteiger partial charge in [0.25, 0.3) is 0 Å². The normalized spacial score (nSPS) is 11.2. The molecule has 0 aliphatic rings. The molecule has 0 atom stereocenters. The summed E-state index contributed by atoms with van der Waals surface area (Å²) in [4.78, 5) is 4.52. The van der Waals surface area contributed by atoms with Crippen LogP contribution in [0.25, 0.3) is 28.5 Å². The van der Waals surface area contributed by atoms with E-state index in [0.29, 0.717) is 0 Å². The summed E-state index contributed by atoms with van der Waals surface area (Å²) >= 11 is 0. The summed E-state index contributed by atoms with van der Waals surface area (Å²) in [5.74, 6) is 0. The lowest BCUT2D eigenvalue weighted by Crippen LogP contribution is -2.10. The fourth-order valence-electron chi connectivity index (χ4n) is 6.24. The summed E-state index contributed by atoms with van der Waals surface area (Å²) in [5, 5.41) is 2.43. The first-order valence-electron chi connectivity index (χ1n) is 16.7. The Morgan fingerprint density at radius 1 is 0.429 bits per heavy atom. The van der Waals surface area contributed by atoms with Crippen molar-refractivity contribution in [2.45, 2.75) is 0 Å². The van der Waals surface area contributed by atoms with Crippen molar-refractivity contribution in [2.24, 2.45) is 0 Å². The number of benzene rings is 7. The maximum Gasteiger partial charge on any atom is 0.0483 e. The first-order valence-corrected chi connectivity index (χ1v) is 16.7. The molecule has 0 bridgehead atoms. The molecule has 0 spiro atoms. The van der Waals surface area contributed by atoms with Crippen LogP contribution in [0.2, 0.25) is 0 Å². The highest BCUT2D eigenvalue weighted by molar-refractivity contribution is 6.00. The molecule has 0 aromatic heterocycles. The van der Waals surface area contributed by atoms with E-state index in [4.69, 9.17) is 0 Å². The van der Waals surface area contributed by atoms with E-state index in [0.717, 1.165) is 28.3 Å². The Bertz CT molecular complexity index is 2120. The van der Waals surface area contributed by atoms with Crippen LogP contribution in [0.3, 0.4) is 0 Å². The molecule has 0 saturated carbocycles. The van der Waals surface area contributed by atoms with Crippen LogP contribution in [0.4, 0.5) is 22.7 Å². The molecule has 0 N–H and O–H groups in total. The maximum atomic E-state index is 2.28. The highest BCUT2D eigenvalue weighted by Gasteiger charge is 2.12. The molecule has 0 fully saturated rings. The van der Waals surface area contributed by atoms with Gasteiger partial charge in [-0.3, -0.25) is 0 Å². The predicted octanol–water partition coefficient (Wildman–Crippen LogP) is 12.6. The second-order valence-electron chi connectivity index (χ2n) is 11.9. The Morgan fingerprint density at radius 3 is 1.47 bits per heavy atom. The van der Waals surface area contributed by atoms with Gasteiger partial charge in [-0.25, -0.2) is 0 Å². The quantitative estimate of drug-likeness (QED) is 0.139. The van der Waals surface area contributed by atoms with Crippen molar-refractivity contribution < 1.29 is 0 Å². The van der Waals surface area contributed by atoms with Crippen molar-refractivity contribution in [1.82, 2.24) is 0 Å². The van der Waals surface area contributed by atoms with E-state index < -0.39 is 0 Å². The van der Waals surface area contributed by atoms with Gasteiger partial charge in [0, 0.05) is 47.0 Å². The largest absolute Gasteiger partial charge is 0.350 e. The fourth-order valence-corrected chi connectivity index (χ4v) is 6.24. The molecule has 49 heavy (non-hydrogen) atoms. The molecule has 0 aliphatic carbocycles. The van der Waals surface area contributed by atoms with Crippen LogP contribution in [0.5, 0.6) is 0 Å². The zero-order valence-electron chi connectivity index (χ0n) is 27.6. The van der Waals surface area contributed by atoms with Crippen molar-refractivity contribution in [2.75, 3.05) is 16.8 Å². The minimum absolute atomic E-state index is 1.12. The van der Waals surface area contributed by atoms with Crippen LogP contribution in [-0.2, 0) is 0 Å². The molecule has 0 heterocycles. The van der Waals surface area contributed by atoms with Gasteiger partial charge in [0.15, 0.2) is 0 Å². The van der Waals surface area contributed by atoms with Gasteiger partial charge in [-0.1, -0.05) is 164 Å². The SMILES string of the molecule is CN(C=C(c1ccccc1)c1ccccc1)c1ccc(/C=C/C=C/c2ccc(N(c3ccccc3)c3ccccc3)cc2)c2ccccc12. The monoisotopic (exact) mass is 630 g/mol. The van der Waals surface area contributed by atoms with Crippen LogP contribution >= 0.6 is 0 Å². The molecule has 0 aliphatic heterocycles. The minimum Gasteiger partial charge on any atom is -0.350 e. The van der Waals surface area contributed by atoms with Gasteiger partial charge in [0.05, 0.1) is 0 Å². The lowest BCUT2D eigenvalue weighted by atomic mass is 9.98. The number of para-hydroxylation sites is 2. The number of rotatable bonds is 10. The molecule has 236 valence electrons. The van der Waals surface area contributed by atoms with Crippen LogP contribution in [0, 0.1) is 0 Å². The van der Waals surface area contributed by atoms with Crippen molar-refractivity contribution in [1.29, 1.82) is 0 Å². The Labute approximate surface area is 289 Å². The lowest BCUT2D eigenvalue weighted by molar-refractivity contribution is 1.22. The topological polar surface area (TPSA) is 6.48 Å². The molecule has 0 unspecified atom stereocenters. The highest BCUT2D eigenvalue weighted by Crippen LogP contribution is 2.35.